The van der Waals surface area contributed by atoms with E-state index in [9.17, 15) is 9.18 Å². The number of anilines is 2. The van der Waals surface area contributed by atoms with Crippen LogP contribution in [0, 0.1) is 5.82 Å². The van der Waals surface area contributed by atoms with E-state index >= 15 is 0 Å². The maximum absolute atomic E-state index is 14.3. The molecule has 0 fully saturated rings. The first-order valence-corrected chi connectivity index (χ1v) is 11.4. The quantitative estimate of drug-likeness (QED) is 0.465. The van der Waals surface area contributed by atoms with Crippen LogP contribution < -0.4 is 10.6 Å². The molecule has 0 spiro atoms. The Morgan fingerprint density at radius 3 is 2.80 bits per heavy atom. The number of hydrogen-bond donors (Lipinski definition) is 2. The summed E-state index contributed by atoms with van der Waals surface area (Å²) in [4.78, 5) is 24.9. The third-order valence-corrected chi connectivity index (χ3v) is 5.50. The van der Waals surface area contributed by atoms with Gasteiger partial charge < -0.3 is 14.8 Å². The van der Waals surface area contributed by atoms with E-state index in [0.717, 1.165) is 11.8 Å². The first-order chi connectivity index (χ1) is 16.6. The maximum atomic E-state index is 14.3. The van der Waals surface area contributed by atoms with Gasteiger partial charge >= 0.3 is 6.09 Å². The molecule has 0 bridgehead atoms. The third kappa shape index (κ3) is 6.37. The second-order valence-electron chi connectivity index (χ2n) is 8.69. The Morgan fingerprint density at radius 2 is 2.06 bits per heavy atom. The van der Waals surface area contributed by atoms with Crippen molar-refractivity contribution in [2.24, 2.45) is 4.99 Å². The largest absolute Gasteiger partial charge is 0.465 e. The highest BCUT2D eigenvalue weighted by molar-refractivity contribution is 6.42. The van der Waals surface area contributed by atoms with Crippen LogP contribution in [0.5, 0.6) is 0 Å². The van der Waals surface area contributed by atoms with Gasteiger partial charge in [0.2, 0.25) is 0 Å². The lowest BCUT2D eigenvalue weighted by Crippen LogP contribution is -2.33. The lowest BCUT2D eigenvalue weighted by Gasteiger charge is -2.25. The van der Waals surface area contributed by atoms with Crippen molar-refractivity contribution in [3.8, 4) is 0 Å². The van der Waals surface area contributed by atoms with Crippen molar-refractivity contribution in [2.75, 3.05) is 5.32 Å². The molecule has 4 rings (SSSR count). The Labute approximate surface area is 211 Å². The number of nitrogens with one attached hydrogen (secondary N) is 2. The summed E-state index contributed by atoms with van der Waals surface area (Å²) >= 11 is 12.0. The zero-order valence-corrected chi connectivity index (χ0v) is 20.7. The fraction of sp³-hybridized carbons (Fsp3) is 0.250. The highest BCUT2D eigenvalue weighted by Gasteiger charge is 2.25. The zero-order valence-electron chi connectivity index (χ0n) is 19.2. The van der Waals surface area contributed by atoms with Gasteiger partial charge in [-0.25, -0.2) is 19.2 Å². The van der Waals surface area contributed by atoms with Gasteiger partial charge in [0.1, 0.15) is 11.4 Å². The molecular weight excluding hydrogens is 496 g/mol. The molecular formula is C24H22Cl2FN5O3. The number of amides is 1. The highest BCUT2D eigenvalue weighted by atomic mass is 35.5. The van der Waals surface area contributed by atoms with E-state index in [1.54, 1.807) is 45.0 Å². The van der Waals surface area contributed by atoms with Crippen molar-refractivity contribution in [3.63, 3.8) is 0 Å². The molecule has 2 aromatic rings. The molecule has 2 N–H and O–H groups in total. The van der Waals surface area contributed by atoms with E-state index in [1.807, 2.05) is 6.08 Å². The van der Waals surface area contributed by atoms with Gasteiger partial charge in [0.05, 0.1) is 28.2 Å². The average molecular weight is 518 g/mol. The standard InChI is InChI=1S/C24H22Cl2FN5O3/c1-24(2,3)35-23(33)31-19-8-9-34-20-7-5-13(10-15(19)20)30-22-28-12-18(27)21(32-22)29-14-4-6-16(25)17(26)11-14/h4,6-9,11-12H,5,10H2,1-3H3,(H,31,33)(H,28,29,32). The molecule has 0 atom stereocenters. The summed E-state index contributed by atoms with van der Waals surface area (Å²) in [7, 11) is 0. The summed E-state index contributed by atoms with van der Waals surface area (Å²) < 4.78 is 25.3. The number of halogens is 3. The third-order valence-electron chi connectivity index (χ3n) is 4.76. The van der Waals surface area contributed by atoms with Gasteiger partial charge in [-0.1, -0.05) is 23.2 Å². The Kier molecular flexibility index (Phi) is 7.09. The Bertz CT molecular complexity index is 1300. The molecule has 0 radical (unpaired) electrons. The number of carbonyl (C=O) groups is 1. The van der Waals surface area contributed by atoms with Crippen LogP contribution in [-0.4, -0.2) is 27.4 Å². The summed E-state index contributed by atoms with van der Waals surface area (Å²) in [6.45, 7) is 5.36. The van der Waals surface area contributed by atoms with Crippen molar-refractivity contribution in [3.05, 3.63) is 75.7 Å². The number of rotatable bonds is 4. The van der Waals surface area contributed by atoms with Crippen molar-refractivity contribution in [1.82, 2.24) is 15.3 Å². The topological polar surface area (TPSA) is 97.7 Å². The minimum atomic E-state index is -0.650. The van der Waals surface area contributed by atoms with Crippen molar-refractivity contribution in [2.45, 2.75) is 39.2 Å². The van der Waals surface area contributed by atoms with Crippen LogP contribution in [0.2, 0.25) is 10.0 Å². The molecule has 35 heavy (non-hydrogen) atoms. The van der Waals surface area contributed by atoms with Crippen LogP contribution in [0.25, 0.3) is 0 Å². The first kappa shape index (κ1) is 24.7. The number of fused-ring (bicyclic) bond motifs is 1. The SMILES string of the molecule is CC(C)(C)OC(=O)NC1=C2CC(=Nc3ncc(F)c(Nc4ccc(Cl)c(Cl)c4)n3)CC=C2OC=C1. The Hall–Kier alpha value is -3.43. The normalized spacial score (nSPS) is 16.4. The number of carbonyl (C=O) groups excluding carboxylic acids is 1. The van der Waals surface area contributed by atoms with Gasteiger partial charge in [0, 0.05) is 29.8 Å². The molecule has 1 aromatic carbocycles. The van der Waals surface area contributed by atoms with E-state index in [-0.39, 0.29) is 11.8 Å². The number of alkyl carbamates (subject to hydrolysis) is 1. The van der Waals surface area contributed by atoms with Crippen LogP contribution in [0.1, 0.15) is 33.6 Å². The van der Waals surface area contributed by atoms with E-state index in [4.69, 9.17) is 32.7 Å². The molecule has 1 amide bonds. The van der Waals surface area contributed by atoms with Gasteiger partial charge in [-0.3, -0.25) is 5.32 Å². The molecule has 1 aromatic heterocycles. The zero-order chi connectivity index (χ0) is 25.2. The number of aliphatic imine (C=N–C) groups is 1. The predicted octanol–water partition coefficient (Wildman–Crippen LogP) is 6.74. The molecule has 182 valence electrons. The van der Waals surface area contributed by atoms with Gasteiger partial charge in [0.25, 0.3) is 5.95 Å². The van der Waals surface area contributed by atoms with Crippen LogP contribution in [0.3, 0.4) is 0 Å². The van der Waals surface area contributed by atoms with Gasteiger partial charge in [-0.05, 0) is 51.1 Å². The van der Waals surface area contributed by atoms with E-state index in [2.05, 4.69) is 25.6 Å². The average Bonchev–Trinajstić information content (AvgIpc) is 2.78. The number of hydrogen-bond acceptors (Lipinski definition) is 7. The Morgan fingerprint density at radius 1 is 1.26 bits per heavy atom. The summed E-state index contributed by atoms with van der Waals surface area (Å²) in [6.07, 6.45) is 6.30. The number of allylic oxidation sites excluding steroid dienone is 3. The lowest BCUT2D eigenvalue weighted by atomic mass is 9.95. The fourth-order valence-electron chi connectivity index (χ4n) is 3.29. The number of ether oxygens (including phenoxy) is 2. The van der Waals surface area contributed by atoms with Gasteiger partial charge in [-0.2, -0.15) is 4.98 Å². The summed E-state index contributed by atoms with van der Waals surface area (Å²) in [6, 6.07) is 4.81. The second kappa shape index (κ2) is 10.1. The number of aromatic nitrogens is 2. The molecule has 11 heteroatoms. The van der Waals surface area contributed by atoms with Gasteiger partial charge in [0.15, 0.2) is 11.6 Å². The molecule has 2 aliphatic rings. The van der Waals surface area contributed by atoms with Crippen molar-refractivity contribution in [1.29, 1.82) is 0 Å². The van der Waals surface area contributed by atoms with E-state index < -0.39 is 17.5 Å². The first-order valence-electron chi connectivity index (χ1n) is 10.7. The number of benzene rings is 1. The Balaban J connectivity index is 1.56. The lowest BCUT2D eigenvalue weighted by molar-refractivity contribution is 0.0546. The predicted molar refractivity (Wildman–Crippen MR) is 133 cm³/mol. The van der Waals surface area contributed by atoms with E-state index in [1.165, 1.54) is 6.26 Å². The summed E-state index contributed by atoms with van der Waals surface area (Å²) in [5.74, 6) is -0.00160. The molecule has 1 aliphatic carbocycles. The van der Waals surface area contributed by atoms with Gasteiger partial charge in [-0.15, -0.1) is 0 Å². The van der Waals surface area contributed by atoms with Crippen LogP contribution in [0.15, 0.2) is 64.8 Å². The van der Waals surface area contributed by atoms with Crippen molar-refractivity contribution >= 4 is 52.5 Å². The summed E-state index contributed by atoms with van der Waals surface area (Å²) in [5, 5.41) is 6.32. The molecule has 0 unspecified atom stereocenters. The second-order valence-corrected chi connectivity index (χ2v) is 9.50. The highest BCUT2D eigenvalue weighted by Crippen LogP contribution is 2.31. The molecule has 8 nitrogen and oxygen atoms in total. The van der Waals surface area contributed by atoms with E-state index in [0.29, 0.717) is 45.7 Å². The summed E-state index contributed by atoms with van der Waals surface area (Å²) in [5.41, 5.74) is 1.87. The monoisotopic (exact) mass is 517 g/mol. The van der Waals surface area contributed by atoms with Crippen molar-refractivity contribution < 1.29 is 18.7 Å². The minimum absolute atomic E-state index is 0.0554. The fourth-order valence-corrected chi connectivity index (χ4v) is 3.59. The number of nitrogens with zero attached hydrogens (tertiary/aromatic N) is 3. The van der Waals surface area contributed by atoms with Crippen LogP contribution in [0.4, 0.5) is 26.6 Å². The molecule has 1 aliphatic heterocycles. The van der Waals surface area contributed by atoms with Crippen LogP contribution in [-0.2, 0) is 9.47 Å². The van der Waals surface area contributed by atoms with Crippen LogP contribution >= 0.6 is 23.2 Å². The maximum Gasteiger partial charge on any atom is 0.412 e. The molecule has 2 heterocycles. The molecule has 0 saturated carbocycles. The minimum Gasteiger partial charge on any atom is -0.465 e. The smallest absolute Gasteiger partial charge is 0.412 e. The molecule has 0 saturated heterocycles.